The second kappa shape index (κ2) is 7.62. The molecule has 2 unspecified atom stereocenters. The van der Waals surface area contributed by atoms with E-state index < -0.39 is 0 Å². The van der Waals surface area contributed by atoms with E-state index in [4.69, 9.17) is 4.74 Å². The molecule has 0 bridgehead atoms. The average Bonchev–Trinajstić information content (AvgIpc) is 2.59. The molecule has 3 rings (SSSR count). The Morgan fingerprint density at radius 3 is 2.48 bits per heavy atom. The van der Waals surface area contributed by atoms with Crippen molar-refractivity contribution in [3.8, 4) is 5.75 Å². The van der Waals surface area contributed by atoms with Gasteiger partial charge in [0.2, 0.25) is 0 Å². The van der Waals surface area contributed by atoms with Gasteiger partial charge in [-0.05, 0) is 0 Å². The molecule has 1 fully saturated rings. The van der Waals surface area contributed by atoms with Crippen LogP contribution in [0.15, 0.2) is 60.7 Å². The molecule has 0 radical (unpaired) electrons. The van der Waals surface area contributed by atoms with Gasteiger partial charge in [-0.25, -0.2) is 0 Å². The van der Waals surface area contributed by atoms with Crippen LogP contribution >= 0.6 is 0 Å². The van der Waals surface area contributed by atoms with E-state index in [-0.39, 0.29) is 38.5 Å². The Labute approximate surface area is 141 Å². The first-order chi connectivity index (χ1) is 11.2. The molecule has 2 aromatic rings. The number of hydroxylamine groups is 2. The molecule has 1 saturated heterocycles. The molecule has 23 heavy (non-hydrogen) atoms. The number of carbonyl (C=O) groups is 1. The molecule has 0 saturated carbocycles. The van der Waals surface area contributed by atoms with Crippen molar-refractivity contribution in [2.45, 2.75) is 11.0 Å². The van der Waals surface area contributed by atoms with Crippen LogP contribution < -0.4 is 14.5 Å². The summed E-state index contributed by atoms with van der Waals surface area (Å²) < 4.78 is 6.58. The van der Waals surface area contributed by atoms with Gasteiger partial charge in [0.15, 0.2) is 0 Å². The third kappa shape index (κ3) is 4.33. The van der Waals surface area contributed by atoms with Crippen LogP contribution in [-0.4, -0.2) is 50.1 Å². The Morgan fingerprint density at radius 1 is 1.17 bits per heavy atom. The molecule has 1 aliphatic rings. The molecule has 6 heteroatoms. The topological polar surface area (TPSA) is 64.6 Å². The number of nitrogens with one attached hydrogen (secondary N) is 1. The van der Waals surface area contributed by atoms with E-state index >= 15 is 0 Å². The average molecular weight is 376 g/mol. The van der Waals surface area contributed by atoms with Crippen molar-refractivity contribution in [1.29, 1.82) is 0 Å². The number of carbonyl (C=O) groups excluding carboxylic acids is 1. The van der Waals surface area contributed by atoms with Crippen LogP contribution in [0.5, 0.6) is 5.75 Å². The number of nitrogens with zero attached hydrogens (tertiary/aromatic N) is 1. The van der Waals surface area contributed by atoms with Crippen molar-refractivity contribution in [3.63, 3.8) is 0 Å². The van der Waals surface area contributed by atoms with Crippen LogP contribution in [0.25, 0.3) is 0 Å². The van der Waals surface area contributed by atoms with Gasteiger partial charge in [0.25, 0.3) is 0 Å². The molecule has 0 spiro atoms. The molecular formula is C17H17N2O3Se-. The molecule has 120 valence electrons. The third-order valence-electron chi connectivity index (χ3n) is 3.46. The molecule has 2 atom stereocenters. The molecule has 1 amide bonds. The van der Waals surface area contributed by atoms with E-state index in [2.05, 4.69) is 5.32 Å². The Balaban J connectivity index is 1.48. The van der Waals surface area contributed by atoms with Crippen LogP contribution in [0.4, 0.5) is 0 Å². The molecule has 5 nitrogen and oxygen atoms in total. The summed E-state index contributed by atoms with van der Waals surface area (Å²) in [6, 6.07) is 19.0. The first-order valence-corrected chi connectivity index (χ1v) is 9.19. The quantitative estimate of drug-likeness (QED) is 0.755. The molecule has 1 N–H and O–H groups in total. The van der Waals surface area contributed by atoms with Gasteiger partial charge in [-0.15, -0.1) is 0 Å². The Morgan fingerprint density at radius 2 is 1.83 bits per heavy atom. The van der Waals surface area contributed by atoms with E-state index in [0.717, 1.165) is 9.53 Å². The number of benzene rings is 2. The summed E-state index contributed by atoms with van der Waals surface area (Å²) in [6.07, 6.45) is 0. The molecule has 0 aliphatic carbocycles. The maximum atomic E-state index is 12.0. The Kier molecular flexibility index (Phi) is 5.31. The Hall–Kier alpha value is -1.85. The van der Waals surface area contributed by atoms with Crippen LogP contribution in [0.3, 0.4) is 0 Å². The van der Waals surface area contributed by atoms with Crippen molar-refractivity contribution in [3.05, 3.63) is 65.9 Å². The maximum absolute atomic E-state index is 12.0. The summed E-state index contributed by atoms with van der Waals surface area (Å²) in [5, 5.41) is 15.7. The van der Waals surface area contributed by atoms with Gasteiger partial charge >= 0.3 is 141 Å². The van der Waals surface area contributed by atoms with E-state index in [1.165, 1.54) is 0 Å². The Bertz CT molecular complexity index is 639. The molecule has 1 aliphatic heterocycles. The van der Waals surface area contributed by atoms with Crippen molar-refractivity contribution in [1.82, 2.24) is 10.4 Å². The van der Waals surface area contributed by atoms with Crippen LogP contribution in [0, 0.1) is 5.21 Å². The zero-order valence-corrected chi connectivity index (χ0v) is 14.1. The third-order valence-corrected chi connectivity index (χ3v) is 6.30. The SMILES string of the molecule is O=C(COc1ccccc1)NC1CN([O-])C1[Se]c1ccccc1. The predicted molar refractivity (Wildman–Crippen MR) is 89.6 cm³/mol. The fourth-order valence-electron chi connectivity index (χ4n) is 2.26. The minimum absolute atomic E-state index is 0.0134. The van der Waals surface area contributed by atoms with Gasteiger partial charge in [-0.3, -0.25) is 0 Å². The zero-order valence-electron chi connectivity index (χ0n) is 12.4. The molecule has 2 aromatic carbocycles. The second-order valence-electron chi connectivity index (χ2n) is 5.20. The summed E-state index contributed by atoms with van der Waals surface area (Å²) in [5.74, 6) is 0.465. The van der Waals surface area contributed by atoms with Gasteiger partial charge in [0.1, 0.15) is 0 Å². The number of hydrogen-bond acceptors (Lipinski definition) is 4. The minimum atomic E-state index is -0.194. The summed E-state index contributed by atoms with van der Waals surface area (Å²) >= 11 is 0.0134. The monoisotopic (exact) mass is 377 g/mol. The summed E-state index contributed by atoms with van der Waals surface area (Å²) in [4.78, 5) is 11.8. The van der Waals surface area contributed by atoms with E-state index in [9.17, 15) is 10.0 Å². The van der Waals surface area contributed by atoms with Crippen LogP contribution in [-0.2, 0) is 4.79 Å². The number of rotatable bonds is 6. The second-order valence-corrected chi connectivity index (χ2v) is 7.69. The van der Waals surface area contributed by atoms with Gasteiger partial charge in [0, 0.05) is 0 Å². The first-order valence-electron chi connectivity index (χ1n) is 7.35. The fraction of sp³-hybridized carbons (Fsp3) is 0.235. The summed E-state index contributed by atoms with van der Waals surface area (Å²) in [7, 11) is 0. The number of amides is 1. The van der Waals surface area contributed by atoms with E-state index in [1.807, 2.05) is 48.5 Å². The van der Waals surface area contributed by atoms with Crippen molar-refractivity contribution >= 4 is 25.3 Å². The number of ether oxygens (including phenoxy) is 1. The normalized spacial score (nSPS) is 20.6. The van der Waals surface area contributed by atoms with Crippen LogP contribution in [0.2, 0.25) is 0 Å². The fourth-order valence-corrected chi connectivity index (χ4v) is 4.60. The van der Waals surface area contributed by atoms with Gasteiger partial charge in [0.05, 0.1) is 0 Å². The molecular weight excluding hydrogens is 359 g/mol. The number of hydrogen-bond donors (Lipinski definition) is 1. The van der Waals surface area contributed by atoms with E-state index in [0.29, 0.717) is 12.3 Å². The van der Waals surface area contributed by atoms with Crippen molar-refractivity contribution in [2.24, 2.45) is 0 Å². The van der Waals surface area contributed by atoms with Crippen LogP contribution in [0.1, 0.15) is 0 Å². The predicted octanol–water partition coefficient (Wildman–Crippen LogP) is 0.719. The standard InChI is InChI=1S/C17H17N2O3Se/c20-16(12-22-13-7-3-1-4-8-13)18-15-11-19(21)17(15)23-14-9-5-2-6-10-14/h1-10,15,17H,11-12H2,(H,18,20)/q-1. The van der Waals surface area contributed by atoms with Crippen molar-refractivity contribution < 1.29 is 9.53 Å². The van der Waals surface area contributed by atoms with Gasteiger partial charge in [-0.2, -0.15) is 0 Å². The van der Waals surface area contributed by atoms with E-state index in [1.54, 1.807) is 12.1 Å². The summed E-state index contributed by atoms with van der Waals surface area (Å²) in [6.45, 7) is 0.306. The zero-order chi connectivity index (χ0) is 16.1. The number of para-hydroxylation sites is 1. The molecule has 0 aromatic heterocycles. The molecule has 1 heterocycles. The van der Waals surface area contributed by atoms with Gasteiger partial charge in [-0.1, -0.05) is 0 Å². The summed E-state index contributed by atoms with van der Waals surface area (Å²) in [5.41, 5.74) is 0. The first kappa shape index (κ1) is 16.0. The van der Waals surface area contributed by atoms with Gasteiger partial charge < -0.3 is 0 Å². The van der Waals surface area contributed by atoms with Crippen molar-refractivity contribution in [2.75, 3.05) is 13.2 Å².